The summed E-state index contributed by atoms with van der Waals surface area (Å²) >= 11 is 7.57. The van der Waals surface area contributed by atoms with E-state index in [0.717, 1.165) is 25.1 Å². The third-order valence-corrected chi connectivity index (χ3v) is 5.17. The number of carbonyl (C=O) groups is 1. The zero-order valence-corrected chi connectivity index (χ0v) is 11.2. The fraction of sp³-hybridized carbons (Fsp3) is 0.917. The Labute approximate surface area is 107 Å². The van der Waals surface area contributed by atoms with Gasteiger partial charge in [0.2, 0.25) is 5.91 Å². The van der Waals surface area contributed by atoms with Gasteiger partial charge in [-0.3, -0.25) is 4.79 Å². The van der Waals surface area contributed by atoms with E-state index in [4.69, 9.17) is 11.6 Å². The molecule has 4 heteroatoms. The molecular formula is C12H20ClNOS. The van der Waals surface area contributed by atoms with Gasteiger partial charge >= 0.3 is 0 Å². The number of amides is 1. The summed E-state index contributed by atoms with van der Waals surface area (Å²) in [4.78, 5) is 14.5. The fourth-order valence-corrected chi connectivity index (χ4v) is 3.71. The molecule has 1 aliphatic heterocycles. The number of carbonyl (C=O) groups excluding carboxylic acids is 1. The van der Waals surface area contributed by atoms with Crippen LogP contribution in [0.3, 0.4) is 0 Å². The molecule has 2 fully saturated rings. The van der Waals surface area contributed by atoms with Crippen molar-refractivity contribution >= 4 is 29.3 Å². The Kier molecular flexibility index (Phi) is 4.83. The van der Waals surface area contributed by atoms with Gasteiger partial charge in [0, 0.05) is 18.5 Å². The summed E-state index contributed by atoms with van der Waals surface area (Å²) in [5, 5.41) is 0.246. The highest BCUT2D eigenvalue weighted by atomic mass is 35.5. The molecule has 1 atom stereocenters. The summed E-state index contributed by atoms with van der Waals surface area (Å²) in [7, 11) is 0. The van der Waals surface area contributed by atoms with E-state index in [1.807, 2.05) is 11.8 Å². The van der Waals surface area contributed by atoms with Crippen LogP contribution in [0.4, 0.5) is 0 Å². The number of thioether (sulfide) groups is 1. The molecule has 1 saturated heterocycles. The van der Waals surface area contributed by atoms with E-state index in [0.29, 0.717) is 17.8 Å². The summed E-state index contributed by atoms with van der Waals surface area (Å²) in [6, 6.07) is 0.525. The second-order valence-electron chi connectivity index (χ2n) is 4.66. The quantitative estimate of drug-likeness (QED) is 0.710. The maximum absolute atomic E-state index is 12.3. The highest BCUT2D eigenvalue weighted by molar-refractivity contribution is 8.00. The minimum absolute atomic E-state index is 0.246. The second kappa shape index (κ2) is 6.15. The van der Waals surface area contributed by atoms with Gasteiger partial charge in [0.25, 0.3) is 0 Å². The van der Waals surface area contributed by atoms with Crippen molar-refractivity contribution in [3.8, 4) is 0 Å². The Hall–Kier alpha value is 0.110. The molecule has 2 rings (SSSR count). The van der Waals surface area contributed by atoms with Crippen LogP contribution in [0, 0.1) is 0 Å². The lowest BCUT2D eigenvalue weighted by Crippen LogP contribution is -2.47. The molecule has 0 spiro atoms. The molecule has 2 nitrogen and oxygen atoms in total. The zero-order valence-electron chi connectivity index (χ0n) is 9.66. The van der Waals surface area contributed by atoms with Crippen LogP contribution in [-0.2, 0) is 4.79 Å². The number of rotatable bonds is 5. The van der Waals surface area contributed by atoms with Crippen molar-refractivity contribution in [2.24, 2.45) is 0 Å². The normalized spacial score (nSPS) is 25.4. The van der Waals surface area contributed by atoms with E-state index in [9.17, 15) is 4.79 Å². The van der Waals surface area contributed by atoms with Gasteiger partial charge in [-0.2, -0.15) is 0 Å². The third-order valence-electron chi connectivity index (χ3n) is 3.54. The summed E-state index contributed by atoms with van der Waals surface area (Å²) in [6.07, 6.45) is 6.90. The summed E-state index contributed by atoms with van der Waals surface area (Å²) in [5.74, 6) is 2.20. The number of hydrogen-bond acceptors (Lipinski definition) is 2. The van der Waals surface area contributed by atoms with Crippen molar-refractivity contribution < 1.29 is 4.79 Å². The van der Waals surface area contributed by atoms with Crippen LogP contribution in [0.2, 0.25) is 0 Å². The first-order valence-corrected chi connectivity index (χ1v) is 7.89. The molecule has 1 heterocycles. The van der Waals surface area contributed by atoms with Gasteiger partial charge in [0.15, 0.2) is 0 Å². The van der Waals surface area contributed by atoms with Gasteiger partial charge in [0.05, 0.1) is 5.25 Å². The first kappa shape index (κ1) is 12.6. The van der Waals surface area contributed by atoms with Crippen molar-refractivity contribution in [3.63, 3.8) is 0 Å². The van der Waals surface area contributed by atoms with Crippen LogP contribution in [0.5, 0.6) is 0 Å². The highest BCUT2D eigenvalue weighted by Gasteiger charge is 2.33. The first-order valence-electron chi connectivity index (χ1n) is 6.31. The third kappa shape index (κ3) is 2.86. The molecule has 2 aliphatic rings. The molecule has 16 heavy (non-hydrogen) atoms. The van der Waals surface area contributed by atoms with E-state index >= 15 is 0 Å². The van der Waals surface area contributed by atoms with Crippen LogP contribution in [0.15, 0.2) is 0 Å². The predicted octanol–water partition coefficient (Wildman–Crippen LogP) is 2.89. The fourth-order valence-electron chi connectivity index (χ4n) is 2.36. The van der Waals surface area contributed by atoms with E-state index in [-0.39, 0.29) is 5.25 Å². The molecule has 0 radical (unpaired) electrons. The minimum Gasteiger partial charge on any atom is -0.339 e. The lowest BCUT2D eigenvalue weighted by atomic mass is 9.91. The molecule has 0 aromatic heterocycles. The number of alkyl halides is 1. The van der Waals surface area contributed by atoms with E-state index in [1.165, 1.54) is 25.7 Å². The molecule has 1 aliphatic carbocycles. The molecular weight excluding hydrogens is 242 g/mol. The van der Waals surface area contributed by atoms with Crippen LogP contribution < -0.4 is 0 Å². The Bertz CT molecular complexity index is 239. The number of halogens is 1. The molecule has 92 valence electrons. The Morgan fingerprint density at radius 2 is 2.12 bits per heavy atom. The van der Waals surface area contributed by atoms with Crippen LogP contribution in [-0.4, -0.2) is 40.3 Å². The zero-order chi connectivity index (χ0) is 11.4. The van der Waals surface area contributed by atoms with E-state index in [1.54, 1.807) is 0 Å². The monoisotopic (exact) mass is 261 g/mol. The maximum Gasteiger partial charge on any atom is 0.235 e. The predicted molar refractivity (Wildman–Crippen MR) is 70.2 cm³/mol. The minimum atomic E-state index is 0.246. The lowest BCUT2D eigenvalue weighted by molar-refractivity contribution is -0.134. The van der Waals surface area contributed by atoms with E-state index in [2.05, 4.69) is 4.90 Å². The maximum atomic E-state index is 12.3. The average Bonchev–Trinajstić information content (AvgIpc) is 2.73. The van der Waals surface area contributed by atoms with Crippen molar-refractivity contribution in [2.75, 3.05) is 18.2 Å². The molecule has 1 amide bonds. The summed E-state index contributed by atoms with van der Waals surface area (Å²) < 4.78 is 0. The summed E-state index contributed by atoms with van der Waals surface area (Å²) in [5.41, 5.74) is 0. The second-order valence-corrected chi connectivity index (χ2v) is 6.35. The van der Waals surface area contributed by atoms with Crippen molar-refractivity contribution in [2.45, 2.75) is 49.8 Å². The van der Waals surface area contributed by atoms with Gasteiger partial charge in [-0.25, -0.2) is 0 Å². The van der Waals surface area contributed by atoms with Crippen molar-refractivity contribution in [3.05, 3.63) is 0 Å². The molecule has 0 aromatic rings. The van der Waals surface area contributed by atoms with Crippen molar-refractivity contribution in [1.82, 2.24) is 4.90 Å². The molecule has 0 N–H and O–H groups in total. The highest BCUT2D eigenvalue weighted by Crippen LogP contribution is 2.32. The number of nitrogens with zero attached hydrogens (tertiary/aromatic N) is 1. The number of hydrogen-bond donors (Lipinski definition) is 0. The van der Waals surface area contributed by atoms with Gasteiger partial charge in [-0.1, -0.05) is 0 Å². The van der Waals surface area contributed by atoms with Crippen LogP contribution >= 0.6 is 23.4 Å². The summed E-state index contributed by atoms with van der Waals surface area (Å²) in [6.45, 7) is 0.865. The Morgan fingerprint density at radius 3 is 2.62 bits per heavy atom. The van der Waals surface area contributed by atoms with E-state index < -0.39 is 0 Å². The topological polar surface area (TPSA) is 20.3 Å². The van der Waals surface area contributed by atoms with Gasteiger partial charge in [-0.05, 0) is 44.3 Å². The molecule has 0 aromatic carbocycles. The average molecular weight is 262 g/mol. The van der Waals surface area contributed by atoms with Crippen molar-refractivity contribution in [1.29, 1.82) is 0 Å². The Morgan fingerprint density at radius 1 is 1.31 bits per heavy atom. The smallest absolute Gasteiger partial charge is 0.235 e. The standard InChI is InChI=1S/C12H20ClNOS/c13-7-3-8-14(10-4-1-5-10)12(15)11-6-2-9-16-11/h10-11H,1-9H2. The van der Waals surface area contributed by atoms with Gasteiger partial charge in [0.1, 0.15) is 0 Å². The largest absolute Gasteiger partial charge is 0.339 e. The molecule has 1 unspecified atom stereocenters. The molecule has 1 saturated carbocycles. The SMILES string of the molecule is O=C(C1CCCS1)N(CCCCl)C1CCC1. The first-order chi connectivity index (χ1) is 7.83. The lowest BCUT2D eigenvalue weighted by Gasteiger charge is -2.38. The van der Waals surface area contributed by atoms with Gasteiger partial charge in [-0.15, -0.1) is 23.4 Å². The van der Waals surface area contributed by atoms with Crippen LogP contribution in [0.1, 0.15) is 38.5 Å². The molecule has 0 bridgehead atoms. The van der Waals surface area contributed by atoms with Crippen LogP contribution in [0.25, 0.3) is 0 Å². The Balaban J connectivity index is 1.90. The van der Waals surface area contributed by atoms with Gasteiger partial charge < -0.3 is 4.90 Å².